The summed E-state index contributed by atoms with van der Waals surface area (Å²) in [5.41, 5.74) is 0. The van der Waals surface area contributed by atoms with E-state index in [1.165, 1.54) is 19.6 Å². The average molecular weight is 392 g/mol. The number of hydrogen-bond acceptors (Lipinski definition) is 1. The Bertz CT molecular complexity index is 186. The maximum Gasteiger partial charge on any atom is 0.102 e. The molecule has 0 aromatic rings. The third-order valence-corrected chi connectivity index (χ3v) is 4.00. The standard InChI is InChI=1S/C13H32N2O.2BrH/c1-7-14(4,5)10-12-16-13-11-15(6,8-2)9-3;;/h7-13H2,1-6H3;2*1H/q+2;;/p-2. The summed E-state index contributed by atoms with van der Waals surface area (Å²) < 4.78 is 7.91. The molecule has 0 aliphatic rings. The van der Waals surface area contributed by atoms with Crippen LogP contribution in [-0.2, 0) is 4.74 Å². The molecule has 0 rings (SSSR count). The van der Waals surface area contributed by atoms with Gasteiger partial charge in [-0.15, -0.1) is 0 Å². The fourth-order valence-electron chi connectivity index (χ4n) is 1.40. The van der Waals surface area contributed by atoms with Crippen molar-refractivity contribution in [2.75, 3.05) is 67.1 Å². The Kier molecular flexibility index (Phi) is 15.5. The van der Waals surface area contributed by atoms with E-state index >= 15 is 0 Å². The zero-order valence-electron chi connectivity index (χ0n) is 13.0. The molecule has 0 saturated heterocycles. The molecule has 0 amide bonds. The number of likely N-dealkylation sites (N-methyl/N-ethyl adjacent to an activating group) is 2. The lowest BCUT2D eigenvalue weighted by atomic mass is 10.4. The topological polar surface area (TPSA) is 9.23 Å². The van der Waals surface area contributed by atoms with Crippen LogP contribution < -0.4 is 34.0 Å². The molecule has 114 valence electrons. The molecular formula is C13H32Br2N2O. The summed E-state index contributed by atoms with van der Waals surface area (Å²) >= 11 is 0. The maximum atomic E-state index is 5.74. The highest BCUT2D eigenvalue weighted by Gasteiger charge is 2.16. The van der Waals surface area contributed by atoms with Gasteiger partial charge in [-0.3, -0.25) is 0 Å². The van der Waals surface area contributed by atoms with Crippen LogP contribution in [0.4, 0.5) is 0 Å². The van der Waals surface area contributed by atoms with Crippen molar-refractivity contribution in [1.29, 1.82) is 0 Å². The molecule has 0 heterocycles. The molecule has 5 heteroatoms. The van der Waals surface area contributed by atoms with Crippen molar-refractivity contribution in [2.24, 2.45) is 0 Å². The quantitative estimate of drug-likeness (QED) is 0.285. The molecule has 18 heavy (non-hydrogen) atoms. The van der Waals surface area contributed by atoms with Crippen molar-refractivity contribution >= 4 is 0 Å². The van der Waals surface area contributed by atoms with Crippen molar-refractivity contribution in [2.45, 2.75) is 20.8 Å². The summed E-state index contributed by atoms with van der Waals surface area (Å²) in [7, 11) is 6.80. The van der Waals surface area contributed by atoms with Gasteiger partial charge >= 0.3 is 0 Å². The highest BCUT2D eigenvalue weighted by molar-refractivity contribution is 4.36. The predicted molar refractivity (Wildman–Crippen MR) is 70.5 cm³/mol. The Morgan fingerprint density at radius 1 is 0.722 bits per heavy atom. The van der Waals surface area contributed by atoms with Gasteiger partial charge in [0.15, 0.2) is 0 Å². The number of hydrogen-bond donors (Lipinski definition) is 0. The molecule has 0 radical (unpaired) electrons. The molecule has 0 aliphatic carbocycles. The molecule has 0 aliphatic heterocycles. The van der Waals surface area contributed by atoms with Crippen LogP contribution in [0.25, 0.3) is 0 Å². The summed E-state index contributed by atoms with van der Waals surface area (Å²) in [5, 5.41) is 0. The van der Waals surface area contributed by atoms with Crippen molar-refractivity contribution in [3.63, 3.8) is 0 Å². The second kappa shape index (κ2) is 11.6. The molecule has 0 aromatic heterocycles. The van der Waals surface area contributed by atoms with Gasteiger partial charge in [-0.25, -0.2) is 0 Å². The third-order valence-electron chi connectivity index (χ3n) is 4.00. The van der Waals surface area contributed by atoms with E-state index in [4.69, 9.17) is 4.74 Å². The van der Waals surface area contributed by atoms with E-state index in [1.807, 2.05) is 0 Å². The lowest BCUT2D eigenvalue weighted by Crippen LogP contribution is -3.00. The van der Waals surface area contributed by atoms with Gasteiger partial charge in [-0.05, 0) is 20.8 Å². The summed E-state index contributed by atoms with van der Waals surface area (Å²) in [4.78, 5) is 0. The number of quaternary nitrogens is 2. The van der Waals surface area contributed by atoms with E-state index in [9.17, 15) is 0 Å². The number of halogens is 2. The van der Waals surface area contributed by atoms with Crippen LogP contribution in [0.15, 0.2) is 0 Å². The summed E-state index contributed by atoms with van der Waals surface area (Å²) in [5.74, 6) is 0. The number of rotatable bonds is 9. The van der Waals surface area contributed by atoms with Crippen LogP contribution in [0.2, 0.25) is 0 Å². The van der Waals surface area contributed by atoms with Gasteiger partial charge in [0.05, 0.1) is 54.0 Å². The minimum absolute atomic E-state index is 0. The van der Waals surface area contributed by atoms with Crippen LogP contribution in [0, 0.1) is 0 Å². The Morgan fingerprint density at radius 2 is 1.17 bits per heavy atom. The Labute approximate surface area is 135 Å². The van der Waals surface area contributed by atoms with Crippen LogP contribution in [-0.4, -0.2) is 76.0 Å². The van der Waals surface area contributed by atoms with E-state index in [-0.39, 0.29) is 34.0 Å². The monoisotopic (exact) mass is 390 g/mol. The van der Waals surface area contributed by atoms with E-state index in [1.54, 1.807) is 0 Å². The molecule has 0 spiro atoms. The fraction of sp³-hybridized carbons (Fsp3) is 1.00. The maximum absolute atomic E-state index is 5.74. The van der Waals surface area contributed by atoms with Gasteiger partial charge in [-0.1, -0.05) is 0 Å². The van der Waals surface area contributed by atoms with Crippen LogP contribution >= 0.6 is 0 Å². The molecule has 3 nitrogen and oxygen atoms in total. The zero-order valence-corrected chi connectivity index (χ0v) is 16.2. The molecule has 0 bridgehead atoms. The summed E-state index contributed by atoms with van der Waals surface area (Å²) in [6.45, 7) is 14.3. The smallest absolute Gasteiger partial charge is 0.102 e. The third kappa shape index (κ3) is 10.7. The Balaban J connectivity index is -0.00000112. The minimum Gasteiger partial charge on any atom is -1.00 e. The highest BCUT2D eigenvalue weighted by Crippen LogP contribution is 2.01. The van der Waals surface area contributed by atoms with Gasteiger partial charge in [0.25, 0.3) is 0 Å². The molecule has 0 N–H and O–H groups in total. The van der Waals surface area contributed by atoms with Gasteiger partial charge in [-0.2, -0.15) is 0 Å². The number of nitrogens with zero attached hydrogens (tertiary/aromatic N) is 2. The van der Waals surface area contributed by atoms with Crippen molar-refractivity contribution in [1.82, 2.24) is 0 Å². The zero-order chi connectivity index (χ0) is 12.7. The van der Waals surface area contributed by atoms with Gasteiger partial charge in [0.1, 0.15) is 13.1 Å². The predicted octanol–water partition coefficient (Wildman–Crippen LogP) is -4.41. The van der Waals surface area contributed by atoms with Gasteiger partial charge in [0.2, 0.25) is 0 Å². The van der Waals surface area contributed by atoms with E-state index in [0.29, 0.717) is 0 Å². The molecule has 0 unspecified atom stereocenters. The first kappa shape index (κ1) is 23.9. The minimum atomic E-state index is 0. The molecule has 0 saturated carbocycles. The van der Waals surface area contributed by atoms with Crippen molar-refractivity contribution in [3.8, 4) is 0 Å². The lowest BCUT2D eigenvalue weighted by molar-refractivity contribution is -0.907. The Morgan fingerprint density at radius 3 is 1.56 bits per heavy atom. The molecular weight excluding hydrogens is 360 g/mol. The SMILES string of the molecule is CC[N+](C)(C)CCOCC[N+](C)(CC)CC.[Br-].[Br-]. The van der Waals surface area contributed by atoms with Crippen molar-refractivity contribution in [3.05, 3.63) is 0 Å². The first-order valence-corrected chi connectivity index (χ1v) is 6.62. The lowest BCUT2D eigenvalue weighted by Gasteiger charge is -2.32. The fourth-order valence-corrected chi connectivity index (χ4v) is 1.40. The molecule has 0 fully saturated rings. The van der Waals surface area contributed by atoms with Crippen molar-refractivity contribution < 1.29 is 47.7 Å². The molecule has 0 aromatic carbocycles. The highest BCUT2D eigenvalue weighted by atomic mass is 79.9. The van der Waals surface area contributed by atoms with Gasteiger partial charge in [0, 0.05) is 0 Å². The van der Waals surface area contributed by atoms with E-state index in [0.717, 1.165) is 35.3 Å². The normalized spacial score (nSPS) is 11.7. The van der Waals surface area contributed by atoms with Crippen LogP contribution in [0.3, 0.4) is 0 Å². The Hall–Kier alpha value is 0.840. The first-order chi connectivity index (χ1) is 7.39. The second-order valence-corrected chi connectivity index (χ2v) is 5.56. The number of ether oxygens (including phenoxy) is 1. The second-order valence-electron chi connectivity index (χ2n) is 5.56. The largest absolute Gasteiger partial charge is 1.00 e. The summed E-state index contributed by atoms with van der Waals surface area (Å²) in [6, 6.07) is 0. The van der Waals surface area contributed by atoms with Crippen LogP contribution in [0.1, 0.15) is 20.8 Å². The average Bonchev–Trinajstić information content (AvgIpc) is 2.28. The first-order valence-electron chi connectivity index (χ1n) is 6.62. The van der Waals surface area contributed by atoms with Crippen LogP contribution in [0.5, 0.6) is 0 Å². The summed E-state index contributed by atoms with van der Waals surface area (Å²) in [6.07, 6.45) is 0. The van der Waals surface area contributed by atoms with Gasteiger partial charge < -0.3 is 47.7 Å². The van der Waals surface area contributed by atoms with E-state index < -0.39 is 0 Å². The van der Waals surface area contributed by atoms with E-state index in [2.05, 4.69) is 41.9 Å². The molecule has 0 atom stereocenters.